The van der Waals surface area contributed by atoms with E-state index in [4.69, 9.17) is 4.42 Å². The SMILES string of the molecule is CC1=CCC=C1c1occ(C)c1C. The van der Waals surface area contributed by atoms with Crippen LogP contribution in [0, 0.1) is 13.8 Å². The Kier molecular flexibility index (Phi) is 1.87. The first-order valence-corrected chi connectivity index (χ1v) is 4.62. The Morgan fingerprint density at radius 2 is 1.92 bits per heavy atom. The molecule has 1 aromatic heterocycles. The molecule has 68 valence electrons. The van der Waals surface area contributed by atoms with E-state index in [0.29, 0.717) is 0 Å². The van der Waals surface area contributed by atoms with E-state index < -0.39 is 0 Å². The van der Waals surface area contributed by atoms with Crippen LogP contribution >= 0.6 is 0 Å². The highest BCUT2D eigenvalue weighted by atomic mass is 16.3. The van der Waals surface area contributed by atoms with Crippen molar-refractivity contribution in [2.75, 3.05) is 0 Å². The van der Waals surface area contributed by atoms with E-state index in [1.54, 1.807) is 0 Å². The number of hydrogen-bond acceptors (Lipinski definition) is 1. The van der Waals surface area contributed by atoms with Gasteiger partial charge in [-0.25, -0.2) is 0 Å². The molecule has 0 fully saturated rings. The fourth-order valence-corrected chi connectivity index (χ4v) is 1.66. The summed E-state index contributed by atoms with van der Waals surface area (Å²) >= 11 is 0. The molecule has 0 aromatic carbocycles. The van der Waals surface area contributed by atoms with E-state index in [2.05, 4.69) is 32.9 Å². The Labute approximate surface area is 78.8 Å². The minimum absolute atomic E-state index is 1.04. The van der Waals surface area contributed by atoms with Crippen LogP contribution in [-0.2, 0) is 0 Å². The molecule has 1 nitrogen and oxygen atoms in total. The summed E-state index contributed by atoms with van der Waals surface area (Å²) in [6.07, 6.45) is 7.32. The molecule has 0 spiro atoms. The second-order valence-electron chi connectivity index (χ2n) is 3.61. The van der Waals surface area contributed by atoms with Crippen molar-refractivity contribution < 1.29 is 4.42 Å². The highest BCUT2D eigenvalue weighted by molar-refractivity contribution is 5.79. The standard InChI is InChI=1S/C12H14O/c1-8-5-4-6-11(8)12-10(3)9(2)7-13-12/h5-7H,4H2,1-3H3. The molecule has 0 N–H and O–H groups in total. The number of furan rings is 1. The van der Waals surface area contributed by atoms with Gasteiger partial charge < -0.3 is 4.42 Å². The Morgan fingerprint density at radius 3 is 2.38 bits per heavy atom. The van der Waals surface area contributed by atoms with Crippen LogP contribution in [0.15, 0.2) is 28.4 Å². The lowest BCUT2D eigenvalue weighted by Gasteiger charge is -2.01. The van der Waals surface area contributed by atoms with Gasteiger partial charge in [0.25, 0.3) is 0 Å². The maximum absolute atomic E-state index is 5.54. The maximum atomic E-state index is 5.54. The molecule has 1 aromatic rings. The van der Waals surface area contributed by atoms with Crippen molar-refractivity contribution in [3.8, 4) is 0 Å². The Bertz CT molecular complexity index is 391. The molecule has 0 saturated carbocycles. The van der Waals surface area contributed by atoms with Gasteiger partial charge in [-0.1, -0.05) is 12.2 Å². The molecular weight excluding hydrogens is 160 g/mol. The third-order valence-electron chi connectivity index (χ3n) is 2.70. The monoisotopic (exact) mass is 174 g/mol. The zero-order chi connectivity index (χ0) is 9.42. The van der Waals surface area contributed by atoms with Crippen molar-refractivity contribution >= 4 is 5.57 Å². The van der Waals surface area contributed by atoms with E-state index in [-0.39, 0.29) is 0 Å². The molecule has 0 atom stereocenters. The van der Waals surface area contributed by atoms with Crippen LogP contribution in [0.5, 0.6) is 0 Å². The summed E-state index contributed by atoms with van der Waals surface area (Å²) < 4.78 is 5.54. The summed E-state index contributed by atoms with van der Waals surface area (Å²) in [5.74, 6) is 1.05. The van der Waals surface area contributed by atoms with E-state index in [1.165, 1.54) is 22.3 Å². The van der Waals surface area contributed by atoms with Gasteiger partial charge in [-0.05, 0) is 43.9 Å². The second kappa shape index (κ2) is 2.91. The van der Waals surface area contributed by atoms with E-state index in [0.717, 1.165) is 12.2 Å². The van der Waals surface area contributed by atoms with Gasteiger partial charge in [-0.2, -0.15) is 0 Å². The predicted octanol–water partition coefficient (Wildman–Crippen LogP) is 3.63. The highest BCUT2D eigenvalue weighted by Gasteiger charge is 2.14. The van der Waals surface area contributed by atoms with Gasteiger partial charge >= 0.3 is 0 Å². The maximum Gasteiger partial charge on any atom is 0.136 e. The lowest BCUT2D eigenvalue weighted by Crippen LogP contribution is -1.84. The normalized spacial score (nSPS) is 15.9. The zero-order valence-corrected chi connectivity index (χ0v) is 8.35. The quantitative estimate of drug-likeness (QED) is 0.633. The Hall–Kier alpha value is -1.24. The van der Waals surface area contributed by atoms with Gasteiger partial charge in [-0.15, -0.1) is 0 Å². The number of rotatable bonds is 1. The molecule has 0 aliphatic heterocycles. The lowest BCUT2D eigenvalue weighted by molar-refractivity contribution is 0.550. The van der Waals surface area contributed by atoms with Gasteiger partial charge in [0.1, 0.15) is 5.76 Å². The molecule has 1 heterocycles. The minimum Gasteiger partial charge on any atom is -0.464 e. The molecule has 13 heavy (non-hydrogen) atoms. The summed E-state index contributed by atoms with van der Waals surface area (Å²) in [6.45, 7) is 6.33. The molecule has 1 aliphatic carbocycles. The smallest absolute Gasteiger partial charge is 0.136 e. The summed E-state index contributed by atoms with van der Waals surface area (Å²) in [6, 6.07) is 0. The summed E-state index contributed by atoms with van der Waals surface area (Å²) in [4.78, 5) is 0. The van der Waals surface area contributed by atoms with Crippen LogP contribution in [0.1, 0.15) is 30.2 Å². The molecular formula is C12H14O. The second-order valence-corrected chi connectivity index (χ2v) is 3.61. The van der Waals surface area contributed by atoms with Crippen molar-refractivity contribution in [1.82, 2.24) is 0 Å². The van der Waals surface area contributed by atoms with Gasteiger partial charge in [0.05, 0.1) is 6.26 Å². The fraction of sp³-hybridized carbons (Fsp3) is 0.333. The van der Waals surface area contributed by atoms with Gasteiger partial charge in [0.2, 0.25) is 0 Å². The van der Waals surface area contributed by atoms with Gasteiger partial charge in [0.15, 0.2) is 0 Å². The average molecular weight is 174 g/mol. The largest absolute Gasteiger partial charge is 0.464 e. The number of aryl methyl sites for hydroxylation is 1. The zero-order valence-electron chi connectivity index (χ0n) is 8.35. The van der Waals surface area contributed by atoms with E-state index in [9.17, 15) is 0 Å². The van der Waals surface area contributed by atoms with E-state index in [1.807, 2.05) is 6.26 Å². The molecule has 1 heteroatoms. The van der Waals surface area contributed by atoms with Crippen LogP contribution in [0.25, 0.3) is 5.57 Å². The topological polar surface area (TPSA) is 13.1 Å². The van der Waals surface area contributed by atoms with Crippen molar-refractivity contribution in [2.45, 2.75) is 27.2 Å². The van der Waals surface area contributed by atoms with E-state index >= 15 is 0 Å². The van der Waals surface area contributed by atoms with Crippen LogP contribution in [0.2, 0.25) is 0 Å². The first kappa shape index (κ1) is 8.36. The van der Waals surface area contributed by atoms with Crippen molar-refractivity contribution in [3.63, 3.8) is 0 Å². The molecule has 0 unspecified atom stereocenters. The van der Waals surface area contributed by atoms with Gasteiger partial charge in [-0.3, -0.25) is 0 Å². The molecule has 0 radical (unpaired) electrons. The lowest BCUT2D eigenvalue weighted by atomic mass is 10.0. The molecule has 0 amide bonds. The fourth-order valence-electron chi connectivity index (χ4n) is 1.66. The summed E-state index contributed by atoms with van der Waals surface area (Å²) in [7, 11) is 0. The van der Waals surface area contributed by atoms with Crippen molar-refractivity contribution in [2.24, 2.45) is 0 Å². The molecule has 0 saturated heterocycles. The molecule has 1 aliphatic rings. The third kappa shape index (κ3) is 1.24. The van der Waals surface area contributed by atoms with Crippen LogP contribution in [-0.4, -0.2) is 0 Å². The number of hydrogen-bond donors (Lipinski definition) is 0. The first-order valence-electron chi connectivity index (χ1n) is 4.62. The molecule has 2 rings (SSSR count). The minimum atomic E-state index is 1.04. The molecule has 0 bridgehead atoms. The first-order chi connectivity index (χ1) is 6.20. The number of allylic oxidation sites excluding steroid dienone is 4. The Balaban J connectivity index is 2.47. The van der Waals surface area contributed by atoms with Crippen LogP contribution in [0.3, 0.4) is 0 Å². The summed E-state index contributed by atoms with van der Waals surface area (Å²) in [5.41, 5.74) is 5.10. The third-order valence-corrected chi connectivity index (χ3v) is 2.70. The average Bonchev–Trinajstić information content (AvgIpc) is 2.62. The van der Waals surface area contributed by atoms with Crippen LogP contribution in [0.4, 0.5) is 0 Å². The predicted molar refractivity (Wildman–Crippen MR) is 54.5 cm³/mol. The van der Waals surface area contributed by atoms with Crippen LogP contribution < -0.4 is 0 Å². The van der Waals surface area contributed by atoms with Gasteiger partial charge in [0, 0.05) is 5.57 Å². The highest BCUT2D eigenvalue weighted by Crippen LogP contribution is 2.32. The van der Waals surface area contributed by atoms with Crippen molar-refractivity contribution in [3.05, 3.63) is 40.9 Å². The summed E-state index contributed by atoms with van der Waals surface area (Å²) in [5, 5.41) is 0. The van der Waals surface area contributed by atoms with Crippen molar-refractivity contribution in [1.29, 1.82) is 0 Å². The Morgan fingerprint density at radius 1 is 1.15 bits per heavy atom.